The van der Waals surface area contributed by atoms with Gasteiger partial charge in [-0.3, -0.25) is 0 Å². The SMILES string of the molecule is CC(O)C1CCCCN1S(=O)(=O)c1ccc2ccccc2c1. The van der Waals surface area contributed by atoms with Gasteiger partial charge in [-0.05, 0) is 42.7 Å². The smallest absolute Gasteiger partial charge is 0.243 e. The van der Waals surface area contributed by atoms with Crippen molar-refractivity contribution in [3.05, 3.63) is 42.5 Å². The van der Waals surface area contributed by atoms with Crippen LogP contribution in [0, 0.1) is 0 Å². The monoisotopic (exact) mass is 319 g/mol. The van der Waals surface area contributed by atoms with Crippen LogP contribution in [0.15, 0.2) is 47.4 Å². The summed E-state index contributed by atoms with van der Waals surface area (Å²) in [4.78, 5) is 0.304. The second kappa shape index (κ2) is 5.99. The standard InChI is InChI=1S/C17H21NO3S/c1-13(19)17-8-4-5-11-18(17)22(20,21)16-10-9-14-6-2-3-7-15(14)12-16/h2-3,6-7,9-10,12-13,17,19H,4-5,8,11H2,1H3. The van der Waals surface area contributed by atoms with Gasteiger partial charge < -0.3 is 5.11 Å². The fourth-order valence-corrected chi connectivity index (χ4v) is 4.97. The molecule has 0 amide bonds. The van der Waals surface area contributed by atoms with E-state index in [2.05, 4.69) is 0 Å². The lowest BCUT2D eigenvalue weighted by atomic mass is 10.0. The second-order valence-electron chi connectivity index (χ2n) is 5.93. The maximum absolute atomic E-state index is 13.0. The Morgan fingerprint density at radius 3 is 2.59 bits per heavy atom. The maximum Gasteiger partial charge on any atom is 0.243 e. The fourth-order valence-electron chi connectivity index (χ4n) is 3.17. The molecule has 0 bridgehead atoms. The van der Waals surface area contributed by atoms with Crippen LogP contribution in [0.4, 0.5) is 0 Å². The van der Waals surface area contributed by atoms with Gasteiger partial charge >= 0.3 is 0 Å². The number of sulfonamides is 1. The third kappa shape index (κ3) is 2.76. The highest BCUT2D eigenvalue weighted by atomic mass is 32.2. The predicted molar refractivity (Wildman–Crippen MR) is 87.2 cm³/mol. The highest BCUT2D eigenvalue weighted by Gasteiger charge is 2.35. The van der Waals surface area contributed by atoms with E-state index in [1.807, 2.05) is 30.3 Å². The molecule has 3 rings (SSSR count). The first-order chi connectivity index (χ1) is 10.5. The summed E-state index contributed by atoms with van der Waals surface area (Å²) in [5.41, 5.74) is 0. The molecule has 22 heavy (non-hydrogen) atoms. The number of hydrogen-bond donors (Lipinski definition) is 1. The van der Waals surface area contributed by atoms with E-state index in [4.69, 9.17) is 0 Å². The van der Waals surface area contributed by atoms with E-state index in [9.17, 15) is 13.5 Å². The number of rotatable bonds is 3. The zero-order valence-corrected chi connectivity index (χ0v) is 13.5. The van der Waals surface area contributed by atoms with Crippen molar-refractivity contribution in [2.45, 2.75) is 43.2 Å². The molecular weight excluding hydrogens is 298 g/mol. The Morgan fingerprint density at radius 2 is 1.86 bits per heavy atom. The molecule has 1 heterocycles. The first kappa shape index (κ1) is 15.5. The minimum absolute atomic E-state index is 0.304. The average Bonchev–Trinajstić information content (AvgIpc) is 2.54. The molecule has 1 aliphatic rings. The Balaban J connectivity index is 2.02. The van der Waals surface area contributed by atoms with Crippen molar-refractivity contribution in [2.24, 2.45) is 0 Å². The van der Waals surface area contributed by atoms with Crippen LogP contribution >= 0.6 is 0 Å². The molecule has 4 nitrogen and oxygen atoms in total. The van der Waals surface area contributed by atoms with E-state index in [1.165, 1.54) is 4.31 Å². The minimum atomic E-state index is -3.57. The van der Waals surface area contributed by atoms with E-state index in [0.29, 0.717) is 17.9 Å². The van der Waals surface area contributed by atoms with Crippen molar-refractivity contribution >= 4 is 20.8 Å². The first-order valence-corrected chi connectivity index (χ1v) is 9.13. The molecule has 1 fully saturated rings. The summed E-state index contributed by atoms with van der Waals surface area (Å²) in [6.07, 6.45) is 1.86. The van der Waals surface area contributed by atoms with Gasteiger partial charge in [-0.1, -0.05) is 36.8 Å². The van der Waals surface area contributed by atoms with Crippen LogP contribution in [-0.2, 0) is 10.0 Å². The Bertz CT molecular complexity index is 770. The molecule has 2 atom stereocenters. The third-order valence-corrected chi connectivity index (χ3v) is 6.30. The predicted octanol–water partition coefficient (Wildman–Crippen LogP) is 2.76. The van der Waals surface area contributed by atoms with Gasteiger partial charge in [0.2, 0.25) is 10.0 Å². The largest absolute Gasteiger partial charge is 0.392 e. The lowest BCUT2D eigenvalue weighted by Crippen LogP contribution is -2.48. The number of piperidine rings is 1. The Labute approximate surface area is 131 Å². The van der Waals surface area contributed by atoms with Crippen LogP contribution in [-0.4, -0.2) is 36.5 Å². The number of aliphatic hydroxyl groups is 1. The lowest BCUT2D eigenvalue weighted by Gasteiger charge is -2.36. The molecule has 1 saturated heterocycles. The van der Waals surface area contributed by atoms with E-state index in [1.54, 1.807) is 19.1 Å². The molecule has 0 saturated carbocycles. The minimum Gasteiger partial charge on any atom is -0.392 e. The van der Waals surface area contributed by atoms with Crippen LogP contribution in [0.2, 0.25) is 0 Å². The van der Waals surface area contributed by atoms with Gasteiger partial charge in [0.15, 0.2) is 0 Å². The quantitative estimate of drug-likeness (QED) is 0.946. The molecule has 0 radical (unpaired) electrons. The van der Waals surface area contributed by atoms with Crippen molar-refractivity contribution < 1.29 is 13.5 Å². The van der Waals surface area contributed by atoms with Crippen molar-refractivity contribution in [1.82, 2.24) is 4.31 Å². The van der Waals surface area contributed by atoms with Crippen molar-refractivity contribution in [3.63, 3.8) is 0 Å². The fraction of sp³-hybridized carbons (Fsp3) is 0.412. The van der Waals surface area contributed by atoms with E-state index < -0.39 is 16.1 Å². The number of fused-ring (bicyclic) bond motifs is 1. The molecule has 5 heteroatoms. The summed E-state index contributed by atoms with van der Waals surface area (Å²) in [6.45, 7) is 2.14. The van der Waals surface area contributed by atoms with E-state index in [-0.39, 0.29) is 6.04 Å². The van der Waals surface area contributed by atoms with Crippen molar-refractivity contribution in [2.75, 3.05) is 6.54 Å². The Morgan fingerprint density at radius 1 is 1.14 bits per heavy atom. The molecular formula is C17H21NO3S. The highest BCUT2D eigenvalue weighted by molar-refractivity contribution is 7.89. The number of benzene rings is 2. The average molecular weight is 319 g/mol. The summed E-state index contributed by atoms with van der Waals surface area (Å²) in [6, 6.07) is 12.6. The van der Waals surface area contributed by atoms with Crippen LogP contribution in [0.5, 0.6) is 0 Å². The van der Waals surface area contributed by atoms with Gasteiger partial charge in [0.05, 0.1) is 17.0 Å². The molecule has 2 aromatic carbocycles. The van der Waals surface area contributed by atoms with Crippen LogP contribution < -0.4 is 0 Å². The maximum atomic E-state index is 13.0. The van der Waals surface area contributed by atoms with Crippen molar-refractivity contribution in [3.8, 4) is 0 Å². The number of hydrogen-bond acceptors (Lipinski definition) is 3. The number of nitrogens with zero attached hydrogens (tertiary/aromatic N) is 1. The summed E-state index contributed by atoms with van der Waals surface area (Å²) < 4.78 is 27.4. The van der Waals surface area contributed by atoms with Gasteiger partial charge in [0, 0.05) is 6.54 Å². The third-order valence-electron chi connectivity index (χ3n) is 4.38. The first-order valence-electron chi connectivity index (χ1n) is 7.69. The Kier molecular flexibility index (Phi) is 4.21. The zero-order chi connectivity index (χ0) is 15.7. The van der Waals surface area contributed by atoms with Crippen LogP contribution in [0.25, 0.3) is 10.8 Å². The molecule has 0 aliphatic carbocycles. The van der Waals surface area contributed by atoms with Gasteiger partial charge in [-0.15, -0.1) is 0 Å². The summed E-state index contributed by atoms with van der Waals surface area (Å²) in [5.74, 6) is 0. The van der Waals surface area contributed by atoms with Gasteiger partial charge in [-0.25, -0.2) is 8.42 Å². The van der Waals surface area contributed by atoms with E-state index >= 15 is 0 Å². The molecule has 2 aromatic rings. The lowest BCUT2D eigenvalue weighted by molar-refractivity contribution is 0.0831. The number of aliphatic hydroxyl groups excluding tert-OH is 1. The summed E-state index contributed by atoms with van der Waals surface area (Å²) in [5, 5.41) is 11.9. The van der Waals surface area contributed by atoms with Crippen molar-refractivity contribution in [1.29, 1.82) is 0 Å². The normalized spacial score (nSPS) is 21.8. The Hall–Kier alpha value is -1.43. The molecule has 0 aromatic heterocycles. The molecule has 2 unspecified atom stereocenters. The van der Waals surface area contributed by atoms with Gasteiger partial charge in [0.1, 0.15) is 0 Å². The van der Waals surface area contributed by atoms with Crippen LogP contribution in [0.1, 0.15) is 26.2 Å². The van der Waals surface area contributed by atoms with Gasteiger partial charge in [-0.2, -0.15) is 4.31 Å². The topological polar surface area (TPSA) is 57.6 Å². The zero-order valence-electron chi connectivity index (χ0n) is 12.6. The molecule has 0 spiro atoms. The summed E-state index contributed by atoms with van der Waals surface area (Å²) in [7, 11) is -3.57. The van der Waals surface area contributed by atoms with E-state index in [0.717, 1.165) is 23.6 Å². The molecule has 118 valence electrons. The van der Waals surface area contributed by atoms with Gasteiger partial charge in [0.25, 0.3) is 0 Å². The molecule has 1 N–H and O–H groups in total. The molecule has 1 aliphatic heterocycles. The highest BCUT2D eigenvalue weighted by Crippen LogP contribution is 2.28. The summed E-state index contributed by atoms with van der Waals surface area (Å²) >= 11 is 0. The second-order valence-corrected chi connectivity index (χ2v) is 7.82. The van der Waals surface area contributed by atoms with Crippen LogP contribution in [0.3, 0.4) is 0 Å².